The average molecular weight is 388 g/mol. The predicted octanol–water partition coefficient (Wildman–Crippen LogP) is 1.74. The Morgan fingerprint density at radius 3 is 2.71 bits per heavy atom. The second-order valence-corrected chi connectivity index (χ2v) is 7.51. The van der Waals surface area contributed by atoms with Crippen molar-refractivity contribution in [1.29, 1.82) is 0 Å². The first-order valence-corrected chi connectivity index (χ1v) is 9.95. The minimum atomic E-state index is -0.419. The number of rotatable bonds is 8. The van der Waals surface area contributed by atoms with Crippen molar-refractivity contribution in [3.63, 3.8) is 0 Å². The van der Waals surface area contributed by atoms with Gasteiger partial charge in [-0.05, 0) is 51.2 Å². The molecule has 0 aliphatic carbocycles. The van der Waals surface area contributed by atoms with Gasteiger partial charge in [0, 0.05) is 38.8 Å². The van der Waals surface area contributed by atoms with Crippen LogP contribution in [0.2, 0.25) is 0 Å². The van der Waals surface area contributed by atoms with Gasteiger partial charge in [0.15, 0.2) is 5.79 Å². The Morgan fingerprint density at radius 1 is 1.29 bits per heavy atom. The van der Waals surface area contributed by atoms with Gasteiger partial charge in [-0.25, -0.2) is 0 Å². The summed E-state index contributed by atoms with van der Waals surface area (Å²) in [6, 6.07) is 7.76. The minimum absolute atomic E-state index is 0.419. The van der Waals surface area contributed by atoms with E-state index in [4.69, 9.17) is 14.5 Å². The molecule has 1 aromatic carbocycles. The Hall–Kier alpha value is -2.25. The summed E-state index contributed by atoms with van der Waals surface area (Å²) >= 11 is 0. The van der Waals surface area contributed by atoms with E-state index in [1.165, 1.54) is 0 Å². The summed E-state index contributed by atoms with van der Waals surface area (Å²) in [6.45, 7) is 3.70. The standard InChI is InChI=1S/C21H33N5O2/c1-22-21(23-11-8-20(24-21)25(2)3)17-9-12-26(13-10-17)14-15-28-19-7-5-6-18(16-19)27-4/h5-8,11,16-17,22,24H,9-10,12-15H2,1-4H3. The van der Waals surface area contributed by atoms with Crippen LogP contribution in [0.4, 0.5) is 0 Å². The number of nitrogens with one attached hydrogen (secondary N) is 2. The molecule has 7 nitrogen and oxygen atoms in total. The third-order valence-electron chi connectivity index (χ3n) is 5.59. The largest absolute Gasteiger partial charge is 0.497 e. The molecule has 0 spiro atoms. The van der Waals surface area contributed by atoms with Gasteiger partial charge in [-0.1, -0.05) is 6.07 Å². The maximum atomic E-state index is 5.89. The van der Waals surface area contributed by atoms with Gasteiger partial charge in [-0.15, -0.1) is 0 Å². The van der Waals surface area contributed by atoms with E-state index in [9.17, 15) is 0 Å². The quantitative estimate of drug-likeness (QED) is 0.709. The number of ether oxygens (including phenoxy) is 2. The number of aliphatic imine (C=N–C) groups is 1. The van der Waals surface area contributed by atoms with Crippen LogP contribution in [0.15, 0.2) is 41.2 Å². The Balaban J connectivity index is 1.47. The second kappa shape index (κ2) is 9.30. The molecule has 0 bridgehead atoms. The first kappa shape index (κ1) is 20.5. The number of hydrogen-bond donors (Lipinski definition) is 2. The lowest BCUT2D eigenvalue weighted by Gasteiger charge is -2.45. The molecule has 28 heavy (non-hydrogen) atoms. The van der Waals surface area contributed by atoms with Crippen LogP contribution in [0.3, 0.4) is 0 Å². The molecular formula is C21H33N5O2. The van der Waals surface area contributed by atoms with E-state index in [1.807, 2.05) is 57.7 Å². The monoisotopic (exact) mass is 387 g/mol. The minimum Gasteiger partial charge on any atom is -0.497 e. The second-order valence-electron chi connectivity index (χ2n) is 7.51. The van der Waals surface area contributed by atoms with Gasteiger partial charge < -0.3 is 19.7 Å². The average Bonchev–Trinajstić information content (AvgIpc) is 2.74. The Bertz CT molecular complexity index is 698. The van der Waals surface area contributed by atoms with E-state index >= 15 is 0 Å². The molecule has 1 aromatic rings. The molecule has 2 aliphatic heterocycles. The molecule has 1 atom stereocenters. The number of hydrogen-bond acceptors (Lipinski definition) is 7. The van der Waals surface area contributed by atoms with E-state index in [1.54, 1.807) is 7.11 Å². The third-order valence-corrected chi connectivity index (χ3v) is 5.59. The molecule has 2 heterocycles. The summed E-state index contributed by atoms with van der Waals surface area (Å²) in [5.74, 6) is 2.78. The predicted molar refractivity (Wildman–Crippen MR) is 113 cm³/mol. The Kier molecular flexibility index (Phi) is 6.80. The highest BCUT2D eigenvalue weighted by Gasteiger charge is 2.40. The van der Waals surface area contributed by atoms with Gasteiger partial charge in [0.05, 0.1) is 7.11 Å². The molecule has 0 radical (unpaired) electrons. The van der Waals surface area contributed by atoms with Crippen molar-refractivity contribution in [2.24, 2.45) is 10.9 Å². The maximum Gasteiger partial charge on any atom is 0.188 e. The number of benzene rings is 1. The van der Waals surface area contributed by atoms with Crippen LogP contribution < -0.4 is 20.1 Å². The SMILES string of the molecule is CNC1(C2CCN(CCOc3cccc(OC)c3)CC2)N=CC=C(N(C)C)N1. The van der Waals surface area contributed by atoms with Gasteiger partial charge in [0.25, 0.3) is 0 Å². The van der Waals surface area contributed by atoms with Crippen molar-refractivity contribution >= 4 is 6.21 Å². The third kappa shape index (κ3) is 4.77. The lowest BCUT2D eigenvalue weighted by atomic mass is 9.89. The van der Waals surface area contributed by atoms with Gasteiger partial charge in [0.2, 0.25) is 0 Å². The highest BCUT2D eigenvalue weighted by atomic mass is 16.5. The van der Waals surface area contributed by atoms with Gasteiger partial charge in [-0.2, -0.15) is 0 Å². The van der Waals surface area contributed by atoms with Crippen LogP contribution in [0, 0.1) is 5.92 Å². The Morgan fingerprint density at radius 2 is 2.04 bits per heavy atom. The van der Waals surface area contributed by atoms with Crippen LogP contribution in [-0.2, 0) is 0 Å². The summed E-state index contributed by atoms with van der Waals surface area (Å²) in [5, 5.41) is 7.03. The number of allylic oxidation sites excluding steroid dienone is 1. The van der Waals surface area contributed by atoms with E-state index in [0.29, 0.717) is 12.5 Å². The normalized spacial score (nSPS) is 23.1. The summed E-state index contributed by atoms with van der Waals surface area (Å²) in [7, 11) is 7.74. The number of methoxy groups -OCH3 is 1. The first-order valence-electron chi connectivity index (χ1n) is 9.95. The lowest BCUT2D eigenvalue weighted by Crippen LogP contribution is -2.62. The molecule has 1 saturated heterocycles. The van der Waals surface area contributed by atoms with Gasteiger partial charge in [0.1, 0.15) is 23.9 Å². The fraction of sp³-hybridized carbons (Fsp3) is 0.571. The van der Waals surface area contributed by atoms with Crippen molar-refractivity contribution in [3.8, 4) is 11.5 Å². The summed E-state index contributed by atoms with van der Waals surface area (Å²) in [6.07, 6.45) is 6.10. The number of nitrogens with zero attached hydrogens (tertiary/aromatic N) is 3. The fourth-order valence-corrected chi connectivity index (χ4v) is 3.85. The van der Waals surface area contributed by atoms with Gasteiger partial charge >= 0.3 is 0 Å². The molecule has 7 heteroatoms. The Labute approximate surface area is 168 Å². The van der Waals surface area contributed by atoms with E-state index < -0.39 is 5.79 Å². The van der Waals surface area contributed by atoms with Crippen LogP contribution in [-0.4, -0.2) is 76.3 Å². The molecule has 0 amide bonds. The van der Waals surface area contributed by atoms with E-state index in [-0.39, 0.29) is 0 Å². The summed E-state index contributed by atoms with van der Waals surface area (Å²) in [5.41, 5.74) is 0. The van der Waals surface area contributed by atoms with Crippen LogP contribution in [0.25, 0.3) is 0 Å². The lowest BCUT2D eigenvalue weighted by molar-refractivity contribution is 0.0852. The molecule has 3 rings (SSSR count). The van der Waals surface area contributed by atoms with Crippen molar-refractivity contribution in [1.82, 2.24) is 20.4 Å². The molecule has 0 saturated carbocycles. The zero-order valence-electron chi connectivity index (χ0n) is 17.4. The van der Waals surface area contributed by atoms with Crippen LogP contribution in [0.1, 0.15) is 12.8 Å². The topological polar surface area (TPSA) is 61.4 Å². The maximum absolute atomic E-state index is 5.89. The van der Waals surface area contributed by atoms with Crippen LogP contribution >= 0.6 is 0 Å². The van der Waals surface area contributed by atoms with Crippen molar-refractivity contribution < 1.29 is 9.47 Å². The molecule has 154 valence electrons. The molecule has 2 N–H and O–H groups in total. The highest BCUT2D eigenvalue weighted by Crippen LogP contribution is 2.30. The van der Waals surface area contributed by atoms with Crippen LogP contribution in [0.5, 0.6) is 11.5 Å². The zero-order chi connectivity index (χ0) is 20.0. The smallest absolute Gasteiger partial charge is 0.188 e. The fourth-order valence-electron chi connectivity index (χ4n) is 3.85. The van der Waals surface area contributed by atoms with Crippen molar-refractivity contribution in [2.45, 2.75) is 18.6 Å². The zero-order valence-corrected chi connectivity index (χ0v) is 17.4. The first-order chi connectivity index (χ1) is 13.6. The number of piperidine rings is 1. The number of likely N-dealkylation sites (tertiary alicyclic amines) is 1. The van der Waals surface area contributed by atoms with E-state index in [2.05, 4.69) is 20.4 Å². The summed E-state index contributed by atoms with van der Waals surface area (Å²) in [4.78, 5) is 9.33. The van der Waals surface area contributed by atoms with E-state index in [0.717, 1.165) is 49.8 Å². The molecule has 1 fully saturated rings. The molecule has 0 aromatic heterocycles. The molecule has 2 aliphatic rings. The highest BCUT2D eigenvalue weighted by molar-refractivity contribution is 5.73. The molecular weight excluding hydrogens is 354 g/mol. The molecule has 1 unspecified atom stereocenters. The summed E-state index contributed by atoms with van der Waals surface area (Å²) < 4.78 is 11.1. The van der Waals surface area contributed by atoms with Crippen molar-refractivity contribution in [2.75, 3.05) is 54.5 Å². The van der Waals surface area contributed by atoms with Crippen molar-refractivity contribution in [3.05, 3.63) is 36.2 Å². The van der Waals surface area contributed by atoms with Gasteiger partial charge in [-0.3, -0.25) is 15.2 Å².